The SMILES string of the molecule is Cc1sc(=O)n(CCC(=O)NC2C3CCCC2CC(N)C3)c1C.Cl. The number of aromatic nitrogens is 1. The van der Waals surface area contributed by atoms with Gasteiger partial charge in [0, 0.05) is 35.6 Å². The van der Waals surface area contributed by atoms with Crippen LogP contribution in [0.3, 0.4) is 0 Å². The van der Waals surface area contributed by atoms with Gasteiger partial charge in [-0.15, -0.1) is 12.4 Å². The predicted octanol–water partition coefficient (Wildman–Crippen LogP) is 2.36. The minimum absolute atomic E-state index is 0. The van der Waals surface area contributed by atoms with Crippen molar-refractivity contribution in [1.82, 2.24) is 9.88 Å². The molecule has 2 saturated carbocycles. The van der Waals surface area contributed by atoms with Gasteiger partial charge >= 0.3 is 4.87 Å². The minimum atomic E-state index is 0. The van der Waals surface area contributed by atoms with Crippen LogP contribution in [0, 0.1) is 25.7 Å². The van der Waals surface area contributed by atoms with Crippen molar-refractivity contribution < 1.29 is 4.79 Å². The molecule has 5 nitrogen and oxygen atoms in total. The molecule has 1 heterocycles. The summed E-state index contributed by atoms with van der Waals surface area (Å²) in [7, 11) is 0. The summed E-state index contributed by atoms with van der Waals surface area (Å²) in [5.74, 6) is 1.14. The monoisotopic (exact) mass is 373 g/mol. The minimum Gasteiger partial charge on any atom is -0.353 e. The number of nitrogens with one attached hydrogen (secondary N) is 1. The average molecular weight is 374 g/mol. The summed E-state index contributed by atoms with van der Waals surface area (Å²) in [5.41, 5.74) is 7.12. The van der Waals surface area contributed by atoms with Crippen LogP contribution in [0.1, 0.15) is 49.1 Å². The van der Waals surface area contributed by atoms with E-state index in [-0.39, 0.29) is 29.2 Å². The number of amides is 1. The van der Waals surface area contributed by atoms with E-state index in [1.54, 1.807) is 4.57 Å². The normalized spacial score (nSPS) is 29.0. The van der Waals surface area contributed by atoms with E-state index in [1.165, 1.54) is 30.6 Å². The quantitative estimate of drug-likeness (QED) is 0.850. The van der Waals surface area contributed by atoms with Crippen LogP contribution in [0.5, 0.6) is 0 Å². The number of carbonyl (C=O) groups is 1. The fourth-order valence-electron chi connectivity index (χ4n) is 4.34. The maximum atomic E-state index is 12.4. The lowest BCUT2D eigenvalue weighted by molar-refractivity contribution is -0.123. The molecule has 1 amide bonds. The molecule has 0 spiro atoms. The smallest absolute Gasteiger partial charge is 0.307 e. The van der Waals surface area contributed by atoms with Crippen LogP contribution in [0.4, 0.5) is 0 Å². The molecule has 2 atom stereocenters. The van der Waals surface area contributed by atoms with Gasteiger partial charge in [-0.1, -0.05) is 17.8 Å². The Morgan fingerprint density at radius 1 is 1.29 bits per heavy atom. The summed E-state index contributed by atoms with van der Waals surface area (Å²) in [6, 6.07) is 0.589. The number of nitrogens with zero attached hydrogens (tertiary/aromatic N) is 1. The van der Waals surface area contributed by atoms with Crippen molar-refractivity contribution in [2.75, 3.05) is 0 Å². The molecule has 136 valence electrons. The van der Waals surface area contributed by atoms with Gasteiger partial charge in [-0.2, -0.15) is 0 Å². The summed E-state index contributed by atoms with van der Waals surface area (Å²) < 4.78 is 1.72. The molecule has 3 N–H and O–H groups in total. The van der Waals surface area contributed by atoms with Crippen LogP contribution >= 0.6 is 23.7 Å². The van der Waals surface area contributed by atoms with Crippen molar-refractivity contribution in [3.63, 3.8) is 0 Å². The standard InChI is InChI=1S/C17H27N3O2S.ClH/c1-10-11(2)23-17(22)20(10)7-6-15(21)19-16-12-4-3-5-13(16)9-14(18)8-12;/h12-14,16H,3-9,18H2,1-2H3,(H,19,21);1H. The second-order valence-electron chi connectivity index (χ2n) is 7.19. The molecule has 2 aliphatic carbocycles. The zero-order valence-corrected chi connectivity index (χ0v) is 16.0. The average Bonchev–Trinajstić information content (AvgIpc) is 2.71. The molecule has 0 aliphatic heterocycles. The van der Waals surface area contributed by atoms with Crippen molar-refractivity contribution >= 4 is 29.7 Å². The van der Waals surface area contributed by atoms with E-state index in [1.807, 2.05) is 13.8 Å². The van der Waals surface area contributed by atoms with Crippen LogP contribution in [0.2, 0.25) is 0 Å². The molecular weight excluding hydrogens is 346 g/mol. The van der Waals surface area contributed by atoms with Gasteiger partial charge in [0.2, 0.25) is 5.91 Å². The first-order valence-electron chi connectivity index (χ1n) is 8.67. The van der Waals surface area contributed by atoms with Gasteiger partial charge in [-0.05, 0) is 51.4 Å². The number of hydrogen-bond acceptors (Lipinski definition) is 4. The van der Waals surface area contributed by atoms with Crippen molar-refractivity contribution in [3.05, 3.63) is 20.2 Å². The Bertz CT molecular complexity index is 628. The van der Waals surface area contributed by atoms with E-state index >= 15 is 0 Å². The molecular formula is C17H28ClN3O2S. The summed E-state index contributed by atoms with van der Waals surface area (Å²) in [6.45, 7) is 4.37. The lowest BCUT2D eigenvalue weighted by Gasteiger charge is -2.45. The van der Waals surface area contributed by atoms with Crippen LogP contribution in [-0.2, 0) is 11.3 Å². The fourth-order valence-corrected chi connectivity index (χ4v) is 5.20. The second kappa shape index (κ2) is 8.02. The van der Waals surface area contributed by atoms with Crippen molar-refractivity contribution in [2.45, 2.75) is 71.0 Å². The maximum absolute atomic E-state index is 12.4. The Hall–Kier alpha value is -0.850. The highest BCUT2D eigenvalue weighted by atomic mass is 35.5. The Balaban J connectivity index is 0.00000208. The maximum Gasteiger partial charge on any atom is 0.307 e. The Morgan fingerprint density at radius 2 is 1.92 bits per heavy atom. The summed E-state index contributed by atoms with van der Waals surface area (Å²) in [5, 5.41) is 3.25. The summed E-state index contributed by atoms with van der Waals surface area (Å²) >= 11 is 1.26. The summed E-state index contributed by atoms with van der Waals surface area (Å²) in [6.07, 6.45) is 6.05. The number of fused-ring (bicyclic) bond motifs is 2. The molecule has 1 aromatic rings. The number of nitrogens with two attached hydrogens (primary N) is 1. The first-order chi connectivity index (χ1) is 11.0. The van der Waals surface area contributed by atoms with E-state index in [4.69, 9.17) is 5.73 Å². The fraction of sp³-hybridized carbons (Fsp3) is 0.765. The van der Waals surface area contributed by atoms with E-state index in [0.29, 0.717) is 30.8 Å². The van der Waals surface area contributed by atoms with Crippen molar-refractivity contribution in [2.24, 2.45) is 17.6 Å². The molecule has 24 heavy (non-hydrogen) atoms. The second-order valence-corrected chi connectivity index (χ2v) is 8.35. The molecule has 3 rings (SSSR count). The van der Waals surface area contributed by atoms with E-state index in [0.717, 1.165) is 23.4 Å². The van der Waals surface area contributed by atoms with Crippen LogP contribution in [0.25, 0.3) is 0 Å². The van der Waals surface area contributed by atoms with Gasteiger partial charge in [-0.3, -0.25) is 9.59 Å². The van der Waals surface area contributed by atoms with Crippen molar-refractivity contribution in [3.8, 4) is 0 Å². The molecule has 2 fully saturated rings. The Kier molecular flexibility index (Phi) is 6.51. The van der Waals surface area contributed by atoms with Gasteiger partial charge in [0.1, 0.15) is 0 Å². The molecule has 7 heteroatoms. The van der Waals surface area contributed by atoms with E-state index < -0.39 is 0 Å². The van der Waals surface area contributed by atoms with Crippen molar-refractivity contribution in [1.29, 1.82) is 0 Å². The van der Waals surface area contributed by atoms with Crippen LogP contribution in [0.15, 0.2) is 4.79 Å². The predicted molar refractivity (Wildman–Crippen MR) is 99.9 cm³/mol. The van der Waals surface area contributed by atoms with Gasteiger partial charge in [0.05, 0.1) is 0 Å². The Morgan fingerprint density at radius 3 is 2.46 bits per heavy atom. The van der Waals surface area contributed by atoms with E-state index in [9.17, 15) is 9.59 Å². The molecule has 2 unspecified atom stereocenters. The third-order valence-corrected chi connectivity index (χ3v) is 6.64. The lowest BCUT2D eigenvalue weighted by atomic mass is 9.67. The number of aryl methyl sites for hydroxylation is 1. The summed E-state index contributed by atoms with van der Waals surface area (Å²) in [4.78, 5) is 25.3. The number of carbonyl (C=O) groups excluding carboxylic acids is 1. The largest absolute Gasteiger partial charge is 0.353 e. The number of rotatable bonds is 4. The lowest BCUT2D eigenvalue weighted by Crippen LogP contribution is -2.53. The topological polar surface area (TPSA) is 77.1 Å². The first kappa shape index (κ1) is 19.5. The first-order valence-corrected chi connectivity index (χ1v) is 9.49. The number of hydrogen-bond donors (Lipinski definition) is 2. The van der Waals surface area contributed by atoms with Gasteiger partial charge in [0.15, 0.2) is 0 Å². The Labute approximate surface area is 153 Å². The highest BCUT2D eigenvalue weighted by Crippen LogP contribution is 2.39. The zero-order valence-electron chi connectivity index (χ0n) is 14.4. The molecule has 1 aromatic heterocycles. The molecule has 2 bridgehead atoms. The third kappa shape index (κ3) is 4.03. The third-order valence-electron chi connectivity index (χ3n) is 5.64. The molecule has 0 saturated heterocycles. The van der Waals surface area contributed by atoms with Crippen LogP contribution < -0.4 is 15.9 Å². The van der Waals surface area contributed by atoms with Gasteiger partial charge in [0.25, 0.3) is 0 Å². The van der Waals surface area contributed by atoms with E-state index in [2.05, 4.69) is 5.32 Å². The van der Waals surface area contributed by atoms with Gasteiger partial charge in [-0.25, -0.2) is 0 Å². The van der Waals surface area contributed by atoms with Crippen LogP contribution in [-0.4, -0.2) is 22.6 Å². The molecule has 2 aliphatic rings. The highest BCUT2D eigenvalue weighted by molar-refractivity contribution is 7.09. The van der Waals surface area contributed by atoms with Gasteiger partial charge < -0.3 is 15.6 Å². The molecule has 0 aromatic carbocycles. The highest BCUT2D eigenvalue weighted by Gasteiger charge is 2.39. The number of halogens is 1. The zero-order chi connectivity index (χ0) is 16.6. The number of thiazole rings is 1. The molecule has 0 radical (unpaired) electrons.